The quantitative estimate of drug-likeness (QED) is 0.656. The number of hydrogen-bond acceptors (Lipinski definition) is 4. The van der Waals surface area contributed by atoms with Crippen molar-refractivity contribution >= 4 is 33.1 Å². The molecule has 0 fully saturated rings. The Balaban J connectivity index is 2.07. The van der Waals surface area contributed by atoms with Crippen LogP contribution in [0.25, 0.3) is 10.2 Å². The number of carbonyl (C=O) groups excluding carboxylic acids is 1. The van der Waals surface area contributed by atoms with Gasteiger partial charge in [-0.2, -0.15) is 0 Å². The second-order valence-electron chi connectivity index (χ2n) is 4.57. The van der Waals surface area contributed by atoms with E-state index in [0.29, 0.717) is 17.1 Å². The minimum absolute atomic E-state index is 0.135. The molecule has 20 heavy (non-hydrogen) atoms. The van der Waals surface area contributed by atoms with Crippen molar-refractivity contribution in [1.29, 1.82) is 0 Å². The van der Waals surface area contributed by atoms with E-state index in [1.165, 1.54) is 11.3 Å². The SMILES string of the molecule is C#CCCCCNC(=O)c1sc2nc(C)ccc2c1N. The first-order valence-electron chi connectivity index (χ1n) is 6.50. The fourth-order valence-electron chi connectivity index (χ4n) is 1.89. The van der Waals surface area contributed by atoms with E-state index in [2.05, 4.69) is 16.2 Å². The lowest BCUT2D eigenvalue weighted by Crippen LogP contribution is -2.24. The summed E-state index contributed by atoms with van der Waals surface area (Å²) in [5.41, 5.74) is 7.45. The molecule has 5 heteroatoms. The highest BCUT2D eigenvalue weighted by Crippen LogP contribution is 2.32. The number of nitrogens with one attached hydrogen (secondary N) is 1. The molecule has 0 aliphatic heterocycles. The summed E-state index contributed by atoms with van der Waals surface area (Å²) < 4.78 is 0. The average Bonchev–Trinajstić information content (AvgIpc) is 2.75. The van der Waals surface area contributed by atoms with E-state index in [-0.39, 0.29) is 5.91 Å². The standard InChI is InChI=1S/C15H17N3OS/c1-3-4-5-6-9-17-14(19)13-12(16)11-8-7-10(2)18-15(11)20-13/h1,7-8H,4-6,9,16H2,2H3,(H,17,19). The first kappa shape index (κ1) is 14.4. The third-order valence-electron chi connectivity index (χ3n) is 2.97. The summed E-state index contributed by atoms with van der Waals surface area (Å²) >= 11 is 1.33. The van der Waals surface area contributed by atoms with Crippen molar-refractivity contribution < 1.29 is 4.79 Å². The summed E-state index contributed by atoms with van der Waals surface area (Å²) in [5, 5.41) is 3.71. The third-order valence-corrected chi connectivity index (χ3v) is 4.09. The number of aromatic nitrogens is 1. The molecule has 1 amide bonds. The second kappa shape index (κ2) is 6.40. The first-order valence-corrected chi connectivity index (χ1v) is 7.32. The summed E-state index contributed by atoms with van der Waals surface area (Å²) in [7, 11) is 0. The van der Waals surface area contributed by atoms with Crippen LogP contribution >= 0.6 is 11.3 Å². The Hall–Kier alpha value is -2.06. The molecule has 0 unspecified atom stereocenters. The van der Waals surface area contributed by atoms with Gasteiger partial charge in [-0.15, -0.1) is 23.7 Å². The van der Waals surface area contributed by atoms with Gasteiger partial charge in [-0.25, -0.2) is 4.98 Å². The Kier molecular flexibility index (Phi) is 4.59. The van der Waals surface area contributed by atoms with Gasteiger partial charge in [0, 0.05) is 24.0 Å². The van der Waals surface area contributed by atoms with Crippen LogP contribution in [0.1, 0.15) is 34.6 Å². The van der Waals surface area contributed by atoms with Gasteiger partial charge >= 0.3 is 0 Å². The van der Waals surface area contributed by atoms with Crippen molar-refractivity contribution in [1.82, 2.24) is 10.3 Å². The van der Waals surface area contributed by atoms with Crippen molar-refractivity contribution in [3.05, 3.63) is 22.7 Å². The topological polar surface area (TPSA) is 68.0 Å². The number of carbonyl (C=O) groups is 1. The zero-order valence-electron chi connectivity index (χ0n) is 11.4. The lowest BCUT2D eigenvalue weighted by molar-refractivity contribution is 0.0958. The Morgan fingerprint density at radius 2 is 2.30 bits per heavy atom. The van der Waals surface area contributed by atoms with E-state index in [4.69, 9.17) is 12.2 Å². The van der Waals surface area contributed by atoms with Crippen LogP contribution in [0.15, 0.2) is 12.1 Å². The maximum atomic E-state index is 12.1. The van der Waals surface area contributed by atoms with Crippen LogP contribution in [-0.2, 0) is 0 Å². The van der Waals surface area contributed by atoms with E-state index < -0.39 is 0 Å². The van der Waals surface area contributed by atoms with Gasteiger partial charge in [-0.1, -0.05) is 0 Å². The molecule has 0 atom stereocenters. The lowest BCUT2D eigenvalue weighted by Gasteiger charge is -2.03. The number of anilines is 1. The third kappa shape index (κ3) is 3.09. The molecule has 0 bridgehead atoms. The van der Waals surface area contributed by atoms with Crippen molar-refractivity contribution in [3.63, 3.8) is 0 Å². The van der Waals surface area contributed by atoms with Crippen LogP contribution in [0.3, 0.4) is 0 Å². The normalized spacial score (nSPS) is 10.4. The van der Waals surface area contributed by atoms with E-state index in [1.807, 2.05) is 19.1 Å². The molecule has 0 aromatic carbocycles. The predicted octanol–water partition coefficient (Wildman–Crippen LogP) is 2.72. The molecular weight excluding hydrogens is 270 g/mol. The first-order chi connectivity index (χ1) is 9.63. The Morgan fingerprint density at radius 1 is 1.50 bits per heavy atom. The van der Waals surface area contributed by atoms with Gasteiger partial charge in [0.1, 0.15) is 9.71 Å². The number of thiophene rings is 1. The maximum Gasteiger partial charge on any atom is 0.263 e. The van der Waals surface area contributed by atoms with Crippen LogP contribution in [0.4, 0.5) is 5.69 Å². The Bertz CT molecular complexity index is 670. The zero-order chi connectivity index (χ0) is 14.5. The number of terminal acetylenes is 1. The highest BCUT2D eigenvalue weighted by molar-refractivity contribution is 7.21. The van der Waals surface area contributed by atoms with Crippen LogP contribution in [0, 0.1) is 19.3 Å². The number of hydrogen-bond donors (Lipinski definition) is 2. The lowest BCUT2D eigenvalue weighted by atomic mass is 10.2. The molecule has 2 heterocycles. The van der Waals surface area contributed by atoms with Crippen LogP contribution in [0.2, 0.25) is 0 Å². The molecule has 0 radical (unpaired) electrons. The highest BCUT2D eigenvalue weighted by atomic mass is 32.1. The number of amides is 1. The van der Waals surface area contributed by atoms with Crippen molar-refractivity contribution in [2.24, 2.45) is 0 Å². The van der Waals surface area contributed by atoms with Gasteiger partial charge in [0.25, 0.3) is 5.91 Å². The Morgan fingerprint density at radius 3 is 3.05 bits per heavy atom. The van der Waals surface area contributed by atoms with Crippen LogP contribution in [-0.4, -0.2) is 17.4 Å². The molecule has 104 valence electrons. The van der Waals surface area contributed by atoms with Crippen molar-refractivity contribution in [2.45, 2.75) is 26.2 Å². The van der Waals surface area contributed by atoms with Gasteiger partial charge in [0.05, 0.1) is 5.69 Å². The van der Waals surface area contributed by atoms with Gasteiger partial charge in [0.15, 0.2) is 0 Å². The number of nitrogens with zero attached hydrogens (tertiary/aromatic N) is 1. The van der Waals surface area contributed by atoms with Gasteiger partial charge in [-0.05, 0) is 31.9 Å². The molecule has 0 spiro atoms. The van der Waals surface area contributed by atoms with Gasteiger partial charge < -0.3 is 11.1 Å². The molecule has 3 N–H and O–H groups in total. The van der Waals surface area contributed by atoms with Gasteiger partial charge in [-0.3, -0.25) is 4.79 Å². The predicted molar refractivity (Wildman–Crippen MR) is 83.8 cm³/mol. The smallest absolute Gasteiger partial charge is 0.263 e. The van der Waals surface area contributed by atoms with E-state index >= 15 is 0 Å². The minimum Gasteiger partial charge on any atom is -0.397 e. The number of aryl methyl sites for hydroxylation is 1. The molecule has 2 aromatic rings. The number of rotatable bonds is 5. The van der Waals surface area contributed by atoms with E-state index in [0.717, 1.165) is 35.2 Å². The summed E-state index contributed by atoms with van der Waals surface area (Å²) in [6.45, 7) is 2.53. The summed E-state index contributed by atoms with van der Waals surface area (Å²) in [6, 6.07) is 3.81. The number of pyridine rings is 1. The molecule has 0 saturated heterocycles. The van der Waals surface area contributed by atoms with Crippen molar-refractivity contribution in [3.8, 4) is 12.3 Å². The van der Waals surface area contributed by atoms with Gasteiger partial charge in [0.2, 0.25) is 0 Å². The average molecular weight is 287 g/mol. The summed E-state index contributed by atoms with van der Waals surface area (Å²) in [6.07, 6.45) is 7.71. The van der Waals surface area contributed by atoms with Crippen LogP contribution < -0.4 is 11.1 Å². The minimum atomic E-state index is -0.135. The van der Waals surface area contributed by atoms with E-state index in [9.17, 15) is 4.79 Å². The number of unbranched alkanes of at least 4 members (excludes halogenated alkanes) is 2. The molecule has 0 saturated carbocycles. The largest absolute Gasteiger partial charge is 0.397 e. The molecule has 2 aromatic heterocycles. The molecule has 0 aliphatic rings. The zero-order valence-corrected chi connectivity index (χ0v) is 12.2. The monoisotopic (exact) mass is 287 g/mol. The second-order valence-corrected chi connectivity index (χ2v) is 5.57. The van der Waals surface area contributed by atoms with Crippen molar-refractivity contribution in [2.75, 3.05) is 12.3 Å². The highest BCUT2D eigenvalue weighted by Gasteiger charge is 2.16. The maximum absolute atomic E-state index is 12.1. The number of nitrogens with two attached hydrogens (primary N) is 1. The molecule has 2 rings (SSSR count). The molecule has 0 aliphatic carbocycles. The molecule has 4 nitrogen and oxygen atoms in total. The van der Waals surface area contributed by atoms with E-state index in [1.54, 1.807) is 0 Å². The number of nitrogen functional groups attached to an aromatic ring is 1. The Labute approximate surface area is 122 Å². The number of fused-ring (bicyclic) bond motifs is 1. The summed E-state index contributed by atoms with van der Waals surface area (Å²) in [5.74, 6) is 2.45. The fourth-order valence-corrected chi connectivity index (χ4v) is 2.95. The summed E-state index contributed by atoms with van der Waals surface area (Å²) in [4.78, 5) is 17.8. The fraction of sp³-hybridized carbons (Fsp3) is 0.333. The van der Waals surface area contributed by atoms with Crippen LogP contribution in [0.5, 0.6) is 0 Å². The molecular formula is C15H17N3OS.